The molecule has 164 valence electrons. The van der Waals surface area contributed by atoms with Crippen LogP contribution in [0.4, 0.5) is 5.95 Å². The molecule has 4 aromatic rings. The fourth-order valence-electron chi connectivity index (χ4n) is 3.47. The van der Waals surface area contributed by atoms with Crippen molar-refractivity contribution in [3.05, 3.63) is 85.6 Å². The Morgan fingerprint density at radius 1 is 1.16 bits per heavy atom. The predicted molar refractivity (Wildman–Crippen MR) is 125 cm³/mol. The van der Waals surface area contributed by atoms with Gasteiger partial charge in [0, 0.05) is 7.05 Å². The number of nitrogens with one attached hydrogen (secondary N) is 2. The SMILES string of the molecule is COc1ccc(/C=N/Nc2nc3c(c(=O)[nH]c(=O)n3C)n2Cc2cc(C)ccc2C)cc1. The number of H-pyrrole nitrogens is 1. The molecule has 4 rings (SSSR count). The van der Waals surface area contributed by atoms with Gasteiger partial charge in [-0.2, -0.15) is 10.1 Å². The van der Waals surface area contributed by atoms with Crippen LogP contribution in [0.15, 0.2) is 57.2 Å². The van der Waals surface area contributed by atoms with E-state index in [1.165, 1.54) is 4.57 Å². The van der Waals surface area contributed by atoms with Crippen molar-refractivity contribution in [1.82, 2.24) is 19.1 Å². The van der Waals surface area contributed by atoms with Crippen LogP contribution in [-0.2, 0) is 13.6 Å². The number of hydrogen-bond acceptors (Lipinski definition) is 6. The molecular weight excluding hydrogens is 408 g/mol. The third-order valence-electron chi connectivity index (χ3n) is 5.33. The van der Waals surface area contributed by atoms with Crippen LogP contribution in [0.1, 0.15) is 22.3 Å². The number of imidazole rings is 1. The van der Waals surface area contributed by atoms with E-state index in [1.807, 2.05) is 50.2 Å². The molecule has 0 spiro atoms. The van der Waals surface area contributed by atoms with Crippen LogP contribution >= 0.6 is 0 Å². The average Bonchev–Trinajstić information content (AvgIpc) is 3.14. The highest BCUT2D eigenvalue weighted by molar-refractivity contribution is 5.80. The summed E-state index contributed by atoms with van der Waals surface area (Å²) in [7, 11) is 3.18. The van der Waals surface area contributed by atoms with Gasteiger partial charge in [0.2, 0.25) is 5.95 Å². The van der Waals surface area contributed by atoms with Crippen molar-refractivity contribution in [2.24, 2.45) is 12.1 Å². The first kappa shape index (κ1) is 21.1. The number of hydrogen-bond donors (Lipinski definition) is 2. The molecule has 0 saturated carbocycles. The van der Waals surface area contributed by atoms with Gasteiger partial charge in [0.1, 0.15) is 5.75 Å². The first-order valence-electron chi connectivity index (χ1n) is 10.1. The number of nitrogens with zero attached hydrogens (tertiary/aromatic N) is 4. The zero-order valence-corrected chi connectivity index (χ0v) is 18.3. The van der Waals surface area contributed by atoms with Gasteiger partial charge in [0.15, 0.2) is 11.2 Å². The number of anilines is 1. The van der Waals surface area contributed by atoms with Crippen molar-refractivity contribution >= 4 is 23.3 Å². The Hall–Kier alpha value is -4.14. The smallest absolute Gasteiger partial charge is 0.329 e. The van der Waals surface area contributed by atoms with Crippen LogP contribution in [0.5, 0.6) is 5.75 Å². The van der Waals surface area contributed by atoms with Gasteiger partial charge in [0.05, 0.1) is 19.9 Å². The highest BCUT2D eigenvalue weighted by Crippen LogP contribution is 2.20. The number of ether oxygens (including phenoxy) is 1. The van der Waals surface area contributed by atoms with Crippen molar-refractivity contribution in [2.75, 3.05) is 12.5 Å². The summed E-state index contributed by atoms with van der Waals surface area (Å²) in [5.41, 5.74) is 6.61. The van der Waals surface area contributed by atoms with E-state index in [4.69, 9.17) is 4.74 Å². The Kier molecular flexibility index (Phi) is 5.63. The maximum atomic E-state index is 12.7. The second kappa shape index (κ2) is 8.54. The number of rotatable bonds is 6. The van der Waals surface area contributed by atoms with Crippen molar-refractivity contribution < 1.29 is 4.74 Å². The van der Waals surface area contributed by atoms with Crippen molar-refractivity contribution in [3.8, 4) is 5.75 Å². The van der Waals surface area contributed by atoms with Crippen LogP contribution < -0.4 is 21.4 Å². The van der Waals surface area contributed by atoms with E-state index >= 15 is 0 Å². The fraction of sp³-hybridized carbons (Fsp3) is 0.217. The van der Waals surface area contributed by atoms with E-state index in [2.05, 4.69) is 26.6 Å². The molecule has 0 bridgehead atoms. The van der Waals surface area contributed by atoms with Crippen molar-refractivity contribution in [3.63, 3.8) is 0 Å². The molecule has 32 heavy (non-hydrogen) atoms. The molecule has 0 atom stereocenters. The number of methoxy groups -OCH3 is 1. The fourth-order valence-corrected chi connectivity index (χ4v) is 3.47. The summed E-state index contributed by atoms with van der Waals surface area (Å²) < 4.78 is 8.22. The van der Waals surface area contributed by atoms with Gasteiger partial charge >= 0.3 is 5.69 Å². The molecule has 2 aromatic carbocycles. The van der Waals surface area contributed by atoms with Crippen molar-refractivity contribution in [2.45, 2.75) is 20.4 Å². The maximum absolute atomic E-state index is 12.7. The Balaban J connectivity index is 1.77. The van der Waals surface area contributed by atoms with Gasteiger partial charge in [0.25, 0.3) is 5.56 Å². The summed E-state index contributed by atoms with van der Waals surface area (Å²) in [6, 6.07) is 13.6. The molecule has 9 nitrogen and oxygen atoms in total. The molecule has 0 saturated heterocycles. The van der Waals surface area contributed by atoms with E-state index in [9.17, 15) is 9.59 Å². The summed E-state index contributed by atoms with van der Waals surface area (Å²) in [6.07, 6.45) is 1.64. The van der Waals surface area contributed by atoms with Gasteiger partial charge in [-0.05, 0) is 54.8 Å². The largest absolute Gasteiger partial charge is 0.497 e. The predicted octanol–water partition coefficient (Wildman–Crippen LogP) is 2.54. The van der Waals surface area contributed by atoms with E-state index in [0.29, 0.717) is 18.0 Å². The molecular formula is C23H24N6O3. The normalized spacial score (nSPS) is 11.4. The van der Waals surface area contributed by atoms with E-state index in [0.717, 1.165) is 28.0 Å². The van der Waals surface area contributed by atoms with Crippen LogP contribution in [-0.4, -0.2) is 32.4 Å². The molecule has 0 aliphatic heterocycles. The van der Waals surface area contributed by atoms with Crippen LogP contribution in [0, 0.1) is 13.8 Å². The molecule has 2 aromatic heterocycles. The third-order valence-corrected chi connectivity index (χ3v) is 5.33. The lowest BCUT2D eigenvalue weighted by Gasteiger charge is -2.11. The summed E-state index contributed by atoms with van der Waals surface area (Å²) in [5.74, 6) is 1.11. The standard InChI is InChI=1S/C23H24N6O3/c1-14-5-6-15(2)17(11-14)13-29-19-20(28(3)23(31)26-21(19)30)25-22(29)27-24-12-16-7-9-18(32-4)10-8-16/h5-12H,13H2,1-4H3,(H,25,27)(H,26,30,31)/b24-12+. The van der Waals surface area contributed by atoms with Crippen LogP contribution in [0.3, 0.4) is 0 Å². The summed E-state index contributed by atoms with van der Waals surface area (Å²) in [5, 5.41) is 4.29. The summed E-state index contributed by atoms with van der Waals surface area (Å²) in [4.78, 5) is 31.6. The number of hydrazone groups is 1. The quantitative estimate of drug-likeness (QED) is 0.360. The molecule has 2 N–H and O–H groups in total. The van der Waals surface area contributed by atoms with Crippen LogP contribution in [0.25, 0.3) is 11.2 Å². The Labute approximate surface area is 184 Å². The lowest BCUT2D eigenvalue weighted by Crippen LogP contribution is -2.29. The Morgan fingerprint density at radius 3 is 2.62 bits per heavy atom. The molecule has 0 fully saturated rings. The minimum absolute atomic E-state index is 0.284. The number of aromatic amines is 1. The lowest BCUT2D eigenvalue weighted by molar-refractivity contribution is 0.415. The van der Waals surface area contributed by atoms with E-state index in [-0.39, 0.29) is 5.65 Å². The summed E-state index contributed by atoms with van der Waals surface area (Å²) >= 11 is 0. The Morgan fingerprint density at radius 2 is 1.91 bits per heavy atom. The molecule has 0 amide bonds. The maximum Gasteiger partial charge on any atom is 0.329 e. The van der Waals surface area contributed by atoms with Gasteiger partial charge in [-0.3, -0.25) is 18.9 Å². The average molecular weight is 432 g/mol. The molecule has 0 aliphatic carbocycles. The molecule has 9 heteroatoms. The van der Waals surface area contributed by atoms with E-state index in [1.54, 1.807) is 24.9 Å². The second-order valence-electron chi connectivity index (χ2n) is 7.59. The van der Waals surface area contributed by atoms with Gasteiger partial charge in [-0.1, -0.05) is 23.8 Å². The molecule has 0 unspecified atom stereocenters. The van der Waals surface area contributed by atoms with Crippen LogP contribution in [0.2, 0.25) is 0 Å². The first-order valence-corrected chi connectivity index (χ1v) is 10.1. The van der Waals surface area contributed by atoms with Gasteiger partial charge in [-0.25, -0.2) is 10.2 Å². The second-order valence-corrected chi connectivity index (χ2v) is 7.59. The van der Waals surface area contributed by atoms with E-state index < -0.39 is 11.2 Å². The number of aryl methyl sites for hydroxylation is 3. The van der Waals surface area contributed by atoms with Gasteiger partial charge in [-0.15, -0.1) is 0 Å². The third kappa shape index (κ3) is 4.04. The summed E-state index contributed by atoms with van der Waals surface area (Å²) in [6.45, 7) is 4.43. The zero-order chi connectivity index (χ0) is 22.8. The number of fused-ring (bicyclic) bond motifs is 1. The number of benzene rings is 2. The minimum Gasteiger partial charge on any atom is -0.497 e. The minimum atomic E-state index is -0.521. The molecule has 0 radical (unpaired) electrons. The first-order chi connectivity index (χ1) is 15.4. The monoisotopic (exact) mass is 432 g/mol. The Bertz CT molecular complexity index is 1430. The van der Waals surface area contributed by atoms with Crippen molar-refractivity contribution in [1.29, 1.82) is 0 Å². The zero-order valence-electron chi connectivity index (χ0n) is 18.3. The molecule has 0 aliphatic rings. The number of aromatic nitrogens is 4. The topological polar surface area (TPSA) is 106 Å². The lowest BCUT2D eigenvalue weighted by atomic mass is 10.1. The highest BCUT2D eigenvalue weighted by atomic mass is 16.5. The molecule has 2 heterocycles. The highest BCUT2D eigenvalue weighted by Gasteiger charge is 2.18. The van der Waals surface area contributed by atoms with Gasteiger partial charge < -0.3 is 4.74 Å².